The molecule has 0 fully saturated rings. The summed E-state index contributed by atoms with van der Waals surface area (Å²) in [5.74, 6) is -22.4. The standard InChI is InChI=1S/C54H84N14O23/c1-2-19-91-27-40(71)61-34(21-41(72)73)50(86)64-33(20-28-12-14-29(69)15-13-28)49(85)63-32(11-5-8-18-57)48(84)65-36(23-43(76)77)52(88)67-38(25-45(80)81)54(90)68-37(24-44(78)79)53(89)66-35(22-42(74)75)51(87)62-31(10-4-7-17-56)47(83)59-26-39(70)60-30(46(58)82)9-3-6-16-55/h12-15,30-38,69H,2-11,16-27,55-57H2,1H3,(H2,58,82)(H,59,83)(H,60,70)(H,61,71)(H,62,87)(H,63,85)(H,64,86)(H,65,84)(H,66,89)(H,67,88)(H,68,90)(H,72,73)(H,74,75)(H,76,77)(H,78,79)(H,80,81)/t30-,31-,32-,33-,34-,35-,36?,37-,38-/m0/s1. The molecule has 1 aromatic carbocycles. The van der Waals surface area contributed by atoms with Gasteiger partial charge in [-0.05, 0) is 102 Å². The number of rotatable bonds is 48. The van der Waals surface area contributed by atoms with E-state index in [0.717, 1.165) is 0 Å². The van der Waals surface area contributed by atoms with Crippen molar-refractivity contribution in [1.29, 1.82) is 0 Å². The molecule has 24 N–H and O–H groups in total. The van der Waals surface area contributed by atoms with Gasteiger partial charge in [0.15, 0.2) is 0 Å². The van der Waals surface area contributed by atoms with Crippen molar-refractivity contribution < 1.29 is 112 Å². The average molecular weight is 1300 g/mol. The highest BCUT2D eigenvalue weighted by Crippen LogP contribution is 2.14. The normalized spacial score (nSPS) is 13.8. The lowest BCUT2D eigenvalue weighted by Gasteiger charge is -2.27. The molecule has 0 bridgehead atoms. The number of hydrogen-bond acceptors (Lipinski definition) is 21. The van der Waals surface area contributed by atoms with Crippen LogP contribution in [0.15, 0.2) is 24.3 Å². The Morgan fingerprint density at radius 2 is 0.714 bits per heavy atom. The van der Waals surface area contributed by atoms with Crippen molar-refractivity contribution in [2.75, 3.05) is 39.4 Å². The molecule has 37 nitrogen and oxygen atoms in total. The van der Waals surface area contributed by atoms with Crippen molar-refractivity contribution in [3.05, 3.63) is 29.8 Å². The summed E-state index contributed by atoms with van der Waals surface area (Å²) in [4.78, 5) is 208. The van der Waals surface area contributed by atoms with E-state index in [4.69, 9.17) is 27.7 Å². The lowest BCUT2D eigenvalue weighted by Crippen LogP contribution is -2.61. The van der Waals surface area contributed by atoms with Gasteiger partial charge in [-0.2, -0.15) is 0 Å². The van der Waals surface area contributed by atoms with Gasteiger partial charge in [0.2, 0.25) is 65.0 Å². The van der Waals surface area contributed by atoms with Crippen molar-refractivity contribution in [2.45, 2.75) is 164 Å². The van der Waals surface area contributed by atoms with Crippen molar-refractivity contribution in [3.63, 3.8) is 0 Å². The van der Waals surface area contributed by atoms with E-state index in [1.54, 1.807) is 6.92 Å². The first kappa shape index (κ1) is 79.4. The zero-order valence-corrected chi connectivity index (χ0v) is 50.0. The summed E-state index contributed by atoms with van der Waals surface area (Å²) in [6.45, 7) is 1.05. The fourth-order valence-electron chi connectivity index (χ4n) is 8.29. The number of primary amides is 1. The van der Waals surface area contributed by atoms with E-state index in [9.17, 15) is 107 Å². The number of aromatic hydroxyl groups is 1. The Balaban J connectivity index is 3.58. The molecule has 9 atom stereocenters. The first-order chi connectivity index (χ1) is 42.9. The first-order valence-electron chi connectivity index (χ1n) is 28.8. The van der Waals surface area contributed by atoms with E-state index in [2.05, 4.69) is 37.2 Å². The van der Waals surface area contributed by atoms with E-state index in [-0.39, 0.29) is 69.5 Å². The molecule has 0 radical (unpaired) electrons. The predicted molar refractivity (Wildman–Crippen MR) is 312 cm³/mol. The number of carbonyl (C=O) groups excluding carboxylic acids is 11. The number of aliphatic carboxylic acids is 5. The van der Waals surface area contributed by atoms with Crippen LogP contribution in [0.25, 0.3) is 0 Å². The van der Waals surface area contributed by atoms with E-state index < -0.39 is 201 Å². The second-order valence-electron chi connectivity index (χ2n) is 20.6. The number of phenolic OH excluding ortho intramolecular Hbond substituents is 1. The van der Waals surface area contributed by atoms with Crippen LogP contribution < -0.4 is 76.1 Å². The molecule has 0 aliphatic rings. The summed E-state index contributed by atoms with van der Waals surface area (Å²) in [5, 5.41) is 80.2. The molecule has 11 amide bonds. The minimum absolute atomic E-state index is 0.0487. The number of benzene rings is 1. The van der Waals surface area contributed by atoms with Gasteiger partial charge in [-0.3, -0.25) is 76.7 Å². The average Bonchev–Trinajstić information content (AvgIpc) is 3.54. The van der Waals surface area contributed by atoms with E-state index in [1.165, 1.54) is 24.3 Å². The monoisotopic (exact) mass is 1300 g/mol. The topological polar surface area (TPSA) is 628 Å². The molecule has 1 rings (SSSR count). The van der Waals surface area contributed by atoms with Gasteiger partial charge in [-0.15, -0.1) is 0 Å². The summed E-state index contributed by atoms with van der Waals surface area (Å²) in [6.07, 6.45) is -4.90. The summed E-state index contributed by atoms with van der Waals surface area (Å²) in [5.41, 5.74) is 22.4. The van der Waals surface area contributed by atoms with Gasteiger partial charge >= 0.3 is 29.8 Å². The number of carboxylic acids is 5. The third-order valence-corrected chi connectivity index (χ3v) is 12.9. The van der Waals surface area contributed by atoms with Crippen LogP contribution in [0.4, 0.5) is 0 Å². The summed E-state index contributed by atoms with van der Waals surface area (Å²) >= 11 is 0. The van der Waals surface area contributed by atoms with E-state index in [1.807, 2.05) is 16.0 Å². The van der Waals surface area contributed by atoms with Crippen molar-refractivity contribution in [2.24, 2.45) is 22.9 Å². The zero-order chi connectivity index (χ0) is 68.8. The number of phenols is 1. The Kier molecular flexibility index (Phi) is 37.6. The number of hydrogen-bond donors (Lipinski definition) is 20. The molecule has 0 heterocycles. The molecule has 0 spiro atoms. The molecular formula is C54H84N14O23. The van der Waals surface area contributed by atoms with Crippen LogP contribution in [0, 0.1) is 0 Å². The maximum Gasteiger partial charge on any atom is 0.305 e. The molecule has 0 saturated heterocycles. The molecular weight excluding hydrogens is 1210 g/mol. The minimum atomic E-state index is -2.35. The van der Waals surface area contributed by atoms with Crippen molar-refractivity contribution in [3.8, 4) is 5.75 Å². The fourth-order valence-corrected chi connectivity index (χ4v) is 8.29. The lowest BCUT2D eigenvalue weighted by molar-refractivity contribution is -0.145. The molecule has 0 aliphatic heterocycles. The number of unbranched alkanes of at least 4 members (excludes halogenated alkanes) is 3. The third-order valence-electron chi connectivity index (χ3n) is 12.9. The van der Waals surface area contributed by atoms with Gasteiger partial charge in [0.25, 0.3) is 0 Å². The predicted octanol–water partition coefficient (Wildman–Crippen LogP) is -6.91. The van der Waals surface area contributed by atoms with Crippen LogP contribution in [0.2, 0.25) is 0 Å². The number of carboxylic acid groups (broad SMARTS) is 5. The molecule has 37 heteroatoms. The number of nitrogens with one attached hydrogen (secondary N) is 10. The lowest BCUT2D eigenvalue weighted by atomic mass is 10.0. The summed E-state index contributed by atoms with van der Waals surface area (Å²) < 4.78 is 5.16. The quantitative estimate of drug-likeness (QED) is 0.0270. The Morgan fingerprint density at radius 3 is 1.07 bits per heavy atom. The molecule has 0 aliphatic carbocycles. The Hall–Kier alpha value is -9.62. The van der Waals surface area contributed by atoms with Gasteiger partial charge in [0, 0.05) is 13.0 Å². The highest BCUT2D eigenvalue weighted by Gasteiger charge is 2.37. The van der Waals surface area contributed by atoms with Crippen LogP contribution >= 0.6 is 0 Å². The highest BCUT2D eigenvalue weighted by molar-refractivity contribution is 6.01. The van der Waals surface area contributed by atoms with E-state index in [0.29, 0.717) is 32.2 Å². The molecule has 0 saturated carbocycles. The summed E-state index contributed by atoms with van der Waals surface area (Å²) in [6, 6.07) is -11.8. The SMILES string of the molecule is CCCOCC(=O)N[C@@H](CC(=O)O)C(=O)N[C@@H](Cc1ccc(O)cc1)C(=O)N[C@@H](CCCCN)C(=O)NC(CC(=O)O)C(=O)N[C@@H](CC(=O)O)C(=O)N[C@@H](CC(=O)O)C(=O)N[C@@H](CC(=O)O)C(=O)N[C@@H](CCCCN)C(=O)NCC(=O)N[C@@H](CCCCN)C(N)=O. The second-order valence-corrected chi connectivity index (χ2v) is 20.6. The fraction of sp³-hybridized carbons (Fsp3) is 0.593. The number of carbonyl (C=O) groups is 16. The van der Waals surface area contributed by atoms with Crippen LogP contribution in [0.1, 0.15) is 109 Å². The number of ether oxygens (including phenoxy) is 1. The first-order valence-corrected chi connectivity index (χ1v) is 28.8. The van der Waals surface area contributed by atoms with Crippen LogP contribution in [0.5, 0.6) is 5.75 Å². The third kappa shape index (κ3) is 33.5. The maximum absolute atomic E-state index is 14.2. The molecule has 91 heavy (non-hydrogen) atoms. The minimum Gasteiger partial charge on any atom is -0.508 e. The zero-order valence-electron chi connectivity index (χ0n) is 50.0. The molecule has 0 aromatic heterocycles. The molecule has 508 valence electrons. The largest absolute Gasteiger partial charge is 0.508 e. The van der Waals surface area contributed by atoms with Gasteiger partial charge in [-0.1, -0.05) is 19.1 Å². The van der Waals surface area contributed by atoms with Crippen molar-refractivity contribution in [1.82, 2.24) is 53.2 Å². The Labute approximate surface area is 520 Å². The van der Waals surface area contributed by atoms with Gasteiger partial charge < -0.3 is 111 Å². The smallest absolute Gasteiger partial charge is 0.305 e. The Morgan fingerprint density at radius 1 is 0.407 bits per heavy atom. The van der Waals surface area contributed by atoms with Crippen LogP contribution in [-0.2, 0) is 87.9 Å². The summed E-state index contributed by atoms with van der Waals surface area (Å²) in [7, 11) is 0. The Bertz CT molecular complexity index is 2680. The van der Waals surface area contributed by atoms with Gasteiger partial charge in [0.05, 0.1) is 38.6 Å². The van der Waals surface area contributed by atoms with E-state index >= 15 is 0 Å². The van der Waals surface area contributed by atoms with Crippen LogP contribution in [-0.4, -0.2) is 219 Å². The number of amides is 11. The second kappa shape index (κ2) is 43.1. The van der Waals surface area contributed by atoms with Gasteiger partial charge in [0.1, 0.15) is 66.7 Å². The molecule has 1 aromatic rings. The van der Waals surface area contributed by atoms with Crippen LogP contribution in [0.3, 0.4) is 0 Å². The highest BCUT2D eigenvalue weighted by atomic mass is 16.5. The molecule has 1 unspecified atom stereocenters. The maximum atomic E-state index is 14.2. The number of nitrogens with two attached hydrogens (primary N) is 4. The van der Waals surface area contributed by atoms with Crippen molar-refractivity contribution >= 4 is 94.8 Å². The van der Waals surface area contributed by atoms with Gasteiger partial charge in [-0.25, -0.2) is 0 Å².